The molecule has 1 amide bonds. The second-order valence-corrected chi connectivity index (χ2v) is 10.8. The smallest absolute Gasteiger partial charge is 0.309 e. The third-order valence-electron chi connectivity index (χ3n) is 8.71. The number of rotatable bonds is 6. The van der Waals surface area contributed by atoms with Crippen molar-refractivity contribution >= 4 is 11.9 Å². The van der Waals surface area contributed by atoms with Gasteiger partial charge < -0.3 is 10.1 Å². The Labute approximate surface area is 195 Å². The van der Waals surface area contributed by atoms with Gasteiger partial charge >= 0.3 is 5.97 Å². The first-order valence-corrected chi connectivity index (χ1v) is 12.7. The second kappa shape index (κ2) is 8.00. The van der Waals surface area contributed by atoms with Crippen molar-refractivity contribution in [2.75, 3.05) is 6.61 Å². The van der Waals surface area contributed by atoms with Crippen LogP contribution < -0.4 is 5.32 Å². The number of amides is 1. The minimum absolute atomic E-state index is 0.0110. The van der Waals surface area contributed by atoms with Gasteiger partial charge in [0, 0.05) is 23.2 Å². The number of hydrogen-bond acceptors (Lipinski definition) is 4. The van der Waals surface area contributed by atoms with Gasteiger partial charge in [-0.2, -0.15) is 5.10 Å². The van der Waals surface area contributed by atoms with Gasteiger partial charge in [0.25, 0.3) is 5.91 Å². The van der Waals surface area contributed by atoms with Crippen molar-refractivity contribution in [3.05, 3.63) is 52.8 Å². The number of fused-ring (bicyclic) bond motifs is 1. The lowest BCUT2D eigenvalue weighted by molar-refractivity contribution is -0.148. The molecule has 2 aromatic rings. The summed E-state index contributed by atoms with van der Waals surface area (Å²) in [7, 11) is 0. The van der Waals surface area contributed by atoms with Crippen LogP contribution in [0.5, 0.6) is 0 Å². The van der Waals surface area contributed by atoms with E-state index in [0.29, 0.717) is 44.0 Å². The van der Waals surface area contributed by atoms with E-state index in [1.54, 1.807) is 0 Å². The zero-order valence-electron chi connectivity index (χ0n) is 19.4. The number of nitrogens with zero attached hydrogens (tertiary/aromatic N) is 2. The molecule has 4 fully saturated rings. The van der Waals surface area contributed by atoms with E-state index in [1.807, 2.05) is 29.8 Å². The fourth-order valence-corrected chi connectivity index (χ4v) is 7.50. The Morgan fingerprint density at radius 1 is 1.15 bits per heavy atom. The van der Waals surface area contributed by atoms with Crippen LogP contribution in [-0.2, 0) is 28.9 Å². The maximum atomic E-state index is 13.6. The zero-order chi connectivity index (χ0) is 22.6. The summed E-state index contributed by atoms with van der Waals surface area (Å²) in [5.41, 5.74) is 3.74. The fraction of sp³-hybridized carbons (Fsp3) is 0.593. The highest BCUT2D eigenvalue weighted by Gasteiger charge is 2.58. The predicted molar refractivity (Wildman–Crippen MR) is 124 cm³/mol. The molecule has 0 radical (unpaired) electrons. The molecule has 174 valence electrons. The van der Waals surface area contributed by atoms with Crippen LogP contribution in [0.25, 0.3) is 0 Å². The molecular weight excluding hydrogens is 414 g/mol. The van der Waals surface area contributed by atoms with E-state index in [1.165, 1.54) is 19.3 Å². The highest BCUT2D eigenvalue weighted by Crippen LogP contribution is 2.60. The van der Waals surface area contributed by atoms with Crippen molar-refractivity contribution in [2.24, 2.45) is 23.7 Å². The van der Waals surface area contributed by atoms with Gasteiger partial charge in [-0.25, -0.2) is 0 Å². The Morgan fingerprint density at radius 2 is 1.91 bits per heavy atom. The van der Waals surface area contributed by atoms with Crippen molar-refractivity contribution in [2.45, 2.75) is 70.4 Å². The number of hydrogen-bond donors (Lipinski definition) is 1. The molecule has 1 aromatic heterocycles. The maximum absolute atomic E-state index is 13.6. The molecule has 33 heavy (non-hydrogen) atoms. The van der Waals surface area contributed by atoms with Gasteiger partial charge in [0.1, 0.15) is 0 Å². The maximum Gasteiger partial charge on any atom is 0.309 e. The van der Waals surface area contributed by atoms with Gasteiger partial charge in [0.05, 0.1) is 19.1 Å². The first kappa shape index (κ1) is 20.9. The summed E-state index contributed by atoms with van der Waals surface area (Å²) < 4.78 is 7.27. The lowest BCUT2D eigenvalue weighted by Crippen LogP contribution is -2.49. The summed E-state index contributed by atoms with van der Waals surface area (Å²) in [6.07, 6.45) is 8.16. The number of carbonyl (C=O) groups excluding carboxylic acids is 2. The molecular formula is C27H33N3O3. The first-order chi connectivity index (χ1) is 16.0. The molecule has 6 nitrogen and oxygen atoms in total. The number of nitrogens with one attached hydrogen (secondary N) is 1. The standard InChI is InChI=1S/C27H33N3O3/c1-2-33-26(32)20-8-9-22-23(13-20)30(16-17-6-4-3-5-7-17)29-24(22)25(31)28-27-14-18-10-19(15-27)12-21(27)11-18/h3-7,18-21H,2,8-16H2,1H3,(H,28,31). The van der Waals surface area contributed by atoms with Crippen LogP contribution in [0.3, 0.4) is 0 Å². The monoisotopic (exact) mass is 447 g/mol. The van der Waals surface area contributed by atoms with E-state index in [4.69, 9.17) is 9.84 Å². The van der Waals surface area contributed by atoms with Crippen LogP contribution in [0.4, 0.5) is 0 Å². The lowest BCUT2D eigenvalue weighted by Gasteiger charge is -2.33. The SMILES string of the molecule is CCOC(=O)C1CCc2c(C(=O)NC34CC5CC(CC3C5)C4)nn(Cc3ccccc3)c2C1. The van der Waals surface area contributed by atoms with Crippen molar-refractivity contribution in [1.82, 2.24) is 15.1 Å². The highest BCUT2D eigenvalue weighted by atomic mass is 16.5. The van der Waals surface area contributed by atoms with E-state index >= 15 is 0 Å². The van der Waals surface area contributed by atoms with Crippen molar-refractivity contribution < 1.29 is 14.3 Å². The predicted octanol–water partition coefficient (Wildman–Crippen LogP) is 3.91. The summed E-state index contributed by atoms with van der Waals surface area (Å²) in [4.78, 5) is 26.1. The van der Waals surface area contributed by atoms with Crippen molar-refractivity contribution in [3.63, 3.8) is 0 Å². The molecule has 7 rings (SSSR count). The Hall–Kier alpha value is -2.63. The quantitative estimate of drug-likeness (QED) is 0.682. The summed E-state index contributed by atoms with van der Waals surface area (Å²) in [6.45, 7) is 2.84. The van der Waals surface area contributed by atoms with Crippen LogP contribution in [0, 0.1) is 23.7 Å². The minimum atomic E-state index is -0.167. The number of benzene rings is 1. The van der Waals surface area contributed by atoms with E-state index in [9.17, 15) is 9.59 Å². The molecule has 5 aliphatic carbocycles. The van der Waals surface area contributed by atoms with Gasteiger partial charge in [-0.1, -0.05) is 30.3 Å². The molecule has 4 bridgehead atoms. The van der Waals surface area contributed by atoms with Gasteiger partial charge in [0.15, 0.2) is 5.69 Å². The van der Waals surface area contributed by atoms with Gasteiger partial charge in [0.2, 0.25) is 0 Å². The number of esters is 1. The van der Waals surface area contributed by atoms with Crippen LogP contribution in [0.2, 0.25) is 0 Å². The summed E-state index contributed by atoms with van der Waals surface area (Å²) >= 11 is 0. The lowest BCUT2D eigenvalue weighted by atomic mass is 9.80. The Morgan fingerprint density at radius 3 is 2.64 bits per heavy atom. The molecule has 1 N–H and O–H groups in total. The molecule has 0 spiro atoms. The highest BCUT2D eigenvalue weighted by molar-refractivity contribution is 5.95. The Kier molecular flexibility index (Phi) is 5.07. The van der Waals surface area contributed by atoms with Crippen LogP contribution in [-0.4, -0.2) is 33.8 Å². The number of carbonyl (C=O) groups is 2. The largest absolute Gasteiger partial charge is 0.466 e. The van der Waals surface area contributed by atoms with E-state index in [0.717, 1.165) is 41.5 Å². The molecule has 3 unspecified atom stereocenters. The molecule has 6 heteroatoms. The topological polar surface area (TPSA) is 73.2 Å². The van der Waals surface area contributed by atoms with Crippen molar-refractivity contribution in [1.29, 1.82) is 0 Å². The number of ether oxygens (including phenoxy) is 1. The van der Waals surface area contributed by atoms with E-state index in [-0.39, 0.29) is 23.3 Å². The molecule has 3 atom stereocenters. The molecule has 5 aliphatic rings. The molecule has 4 saturated carbocycles. The molecule has 1 aromatic carbocycles. The zero-order valence-corrected chi connectivity index (χ0v) is 19.4. The van der Waals surface area contributed by atoms with E-state index in [2.05, 4.69) is 17.4 Å². The average molecular weight is 448 g/mol. The van der Waals surface area contributed by atoms with Crippen LogP contribution in [0.15, 0.2) is 30.3 Å². The Bertz CT molecular complexity index is 1060. The molecule has 0 aliphatic heterocycles. The van der Waals surface area contributed by atoms with Gasteiger partial charge in [-0.15, -0.1) is 0 Å². The average Bonchev–Trinajstić information content (AvgIpc) is 3.37. The van der Waals surface area contributed by atoms with Gasteiger partial charge in [-0.3, -0.25) is 14.3 Å². The molecule has 0 saturated heterocycles. The van der Waals surface area contributed by atoms with Crippen LogP contribution >= 0.6 is 0 Å². The summed E-state index contributed by atoms with van der Waals surface area (Å²) in [5, 5.41) is 8.37. The first-order valence-electron chi connectivity index (χ1n) is 12.7. The Balaban J connectivity index is 1.30. The van der Waals surface area contributed by atoms with Crippen LogP contribution in [0.1, 0.15) is 72.8 Å². The van der Waals surface area contributed by atoms with Crippen molar-refractivity contribution in [3.8, 4) is 0 Å². The fourth-order valence-electron chi connectivity index (χ4n) is 7.50. The number of aromatic nitrogens is 2. The van der Waals surface area contributed by atoms with E-state index < -0.39 is 0 Å². The molecule has 1 heterocycles. The third-order valence-corrected chi connectivity index (χ3v) is 8.71. The summed E-state index contributed by atoms with van der Waals surface area (Å²) in [6, 6.07) is 10.2. The third kappa shape index (κ3) is 3.58. The summed E-state index contributed by atoms with van der Waals surface area (Å²) in [5.74, 6) is 1.90. The minimum Gasteiger partial charge on any atom is -0.466 e. The normalized spacial score (nSPS) is 31.4. The second-order valence-electron chi connectivity index (χ2n) is 10.8. The van der Waals surface area contributed by atoms with Gasteiger partial charge in [-0.05, 0) is 75.2 Å².